The molecule has 0 unspecified atom stereocenters. The minimum atomic E-state index is -0.164. The first-order chi connectivity index (χ1) is 13.0. The largest absolute Gasteiger partial charge is 0.507 e. The summed E-state index contributed by atoms with van der Waals surface area (Å²) in [5, 5.41) is 19.6. The highest BCUT2D eigenvalue weighted by molar-refractivity contribution is 7.16. The number of aromatic nitrogens is 1. The number of phenolic OH excluding ortho intramolecular Hbond substituents is 1. The molecule has 28 heavy (non-hydrogen) atoms. The molecule has 0 radical (unpaired) electrons. The summed E-state index contributed by atoms with van der Waals surface area (Å²) in [6, 6.07) is 12.3. The number of phenols is 1. The molecule has 0 fully saturated rings. The molecule has 0 saturated carbocycles. The molecule has 2 aromatic carbocycles. The van der Waals surface area contributed by atoms with Gasteiger partial charge in [-0.05, 0) is 40.7 Å². The first-order valence-corrected chi connectivity index (χ1v) is 10.3. The van der Waals surface area contributed by atoms with Crippen LogP contribution in [-0.4, -0.2) is 15.9 Å². The average molecular weight is 396 g/mol. The predicted molar refractivity (Wildman–Crippen MR) is 119 cm³/mol. The molecule has 0 saturated heterocycles. The zero-order chi connectivity index (χ0) is 20.7. The summed E-state index contributed by atoms with van der Waals surface area (Å²) >= 11 is 1.62. The standard InChI is InChI=1S/C23H29N3OS/c1-22(2,3)16-12-15(13-17(20(16)27)23(4,5)6)14-24-25-21-26(7)18-10-8-9-11-19(18)28-21/h8-14,27H,1-7H3. The quantitative estimate of drug-likeness (QED) is 0.454. The highest BCUT2D eigenvalue weighted by Crippen LogP contribution is 2.39. The van der Waals surface area contributed by atoms with Gasteiger partial charge in [-0.3, -0.25) is 0 Å². The maximum Gasteiger partial charge on any atom is 0.211 e. The van der Waals surface area contributed by atoms with Crippen molar-refractivity contribution in [1.29, 1.82) is 0 Å². The van der Waals surface area contributed by atoms with Crippen molar-refractivity contribution < 1.29 is 5.11 Å². The Morgan fingerprint density at radius 1 is 0.964 bits per heavy atom. The van der Waals surface area contributed by atoms with Gasteiger partial charge in [0.2, 0.25) is 4.80 Å². The van der Waals surface area contributed by atoms with Gasteiger partial charge in [-0.2, -0.15) is 5.10 Å². The van der Waals surface area contributed by atoms with Crippen molar-refractivity contribution in [3.05, 3.63) is 57.9 Å². The molecule has 0 aliphatic carbocycles. The number of aromatic hydroxyl groups is 1. The molecule has 0 spiro atoms. The number of para-hydroxylation sites is 1. The van der Waals surface area contributed by atoms with Crippen LogP contribution in [0.4, 0.5) is 0 Å². The zero-order valence-corrected chi connectivity index (χ0v) is 18.6. The molecule has 1 heterocycles. The Kier molecular flexibility index (Phi) is 5.24. The lowest BCUT2D eigenvalue weighted by atomic mass is 9.78. The Bertz CT molecular complexity index is 1070. The lowest BCUT2D eigenvalue weighted by Crippen LogP contribution is -2.17. The molecule has 0 aliphatic rings. The molecule has 0 atom stereocenters. The number of thiazole rings is 1. The number of hydrogen-bond acceptors (Lipinski definition) is 4. The smallest absolute Gasteiger partial charge is 0.211 e. The van der Waals surface area contributed by atoms with Gasteiger partial charge >= 0.3 is 0 Å². The monoisotopic (exact) mass is 395 g/mol. The lowest BCUT2D eigenvalue weighted by molar-refractivity contribution is 0.423. The average Bonchev–Trinajstić information content (AvgIpc) is 2.90. The molecule has 3 aromatic rings. The second-order valence-corrected chi connectivity index (χ2v) is 10.2. The third-order valence-electron chi connectivity index (χ3n) is 4.81. The Balaban J connectivity index is 2.07. The molecule has 5 heteroatoms. The van der Waals surface area contributed by atoms with Gasteiger partial charge in [0.15, 0.2) is 0 Å². The van der Waals surface area contributed by atoms with E-state index in [1.165, 1.54) is 4.70 Å². The van der Waals surface area contributed by atoms with Crippen LogP contribution in [0.25, 0.3) is 10.2 Å². The Hall–Kier alpha value is -2.40. The summed E-state index contributed by atoms with van der Waals surface area (Å²) in [4.78, 5) is 0.850. The topological polar surface area (TPSA) is 49.9 Å². The lowest BCUT2D eigenvalue weighted by Gasteiger charge is -2.27. The molecule has 3 rings (SSSR count). The second kappa shape index (κ2) is 7.21. The van der Waals surface area contributed by atoms with Crippen LogP contribution in [0.2, 0.25) is 0 Å². The van der Waals surface area contributed by atoms with Crippen LogP contribution in [0.1, 0.15) is 58.2 Å². The van der Waals surface area contributed by atoms with E-state index in [9.17, 15) is 5.11 Å². The van der Waals surface area contributed by atoms with Crippen LogP contribution in [0, 0.1) is 0 Å². The highest BCUT2D eigenvalue weighted by Gasteiger charge is 2.26. The van der Waals surface area contributed by atoms with Crippen LogP contribution in [0.3, 0.4) is 0 Å². The summed E-state index contributed by atoms with van der Waals surface area (Å²) in [5.41, 5.74) is 3.62. The van der Waals surface area contributed by atoms with E-state index in [0.717, 1.165) is 27.0 Å². The van der Waals surface area contributed by atoms with E-state index >= 15 is 0 Å². The summed E-state index contributed by atoms with van der Waals surface area (Å²) < 4.78 is 3.24. The van der Waals surface area contributed by atoms with Crippen LogP contribution in [0.5, 0.6) is 5.75 Å². The molecule has 1 N–H and O–H groups in total. The van der Waals surface area contributed by atoms with E-state index < -0.39 is 0 Å². The van der Waals surface area contributed by atoms with Crippen molar-refractivity contribution in [2.75, 3.05) is 0 Å². The SMILES string of the molecule is Cn1c(=NN=Cc2cc(C(C)(C)C)c(O)c(C(C)(C)C)c2)sc2ccccc21. The zero-order valence-electron chi connectivity index (χ0n) is 17.7. The van der Waals surface area contributed by atoms with E-state index in [1.54, 1.807) is 17.6 Å². The molecule has 0 aliphatic heterocycles. The van der Waals surface area contributed by atoms with E-state index in [1.807, 2.05) is 31.3 Å². The van der Waals surface area contributed by atoms with E-state index in [4.69, 9.17) is 0 Å². The van der Waals surface area contributed by atoms with E-state index in [-0.39, 0.29) is 10.8 Å². The number of hydrogen-bond donors (Lipinski definition) is 1. The molecule has 0 amide bonds. The van der Waals surface area contributed by atoms with Crippen LogP contribution in [0.15, 0.2) is 46.6 Å². The molecule has 1 aromatic heterocycles. The minimum absolute atomic E-state index is 0.164. The van der Waals surface area contributed by atoms with Crippen LogP contribution < -0.4 is 4.80 Å². The van der Waals surface area contributed by atoms with E-state index in [2.05, 4.69) is 68.4 Å². The van der Waals surface area contributed by atoms with Gasteiger partial charge in [-0.15, -0.1) is 5.10 Å². The van der Waals surface area contributed by atoms with Crippen molar-refractivity contribution in [3.63, 3.8) is 0 Å². The van der Waals surface area contributed by atoms with Gasteiger partial charge < -0.3 is 9.67 Å². The summed E-state index contributed by atoms with van der Waals surface area (Å²) in [7, 11) is 2.00. The Morgan fingerprint density at radius 3 is 2.07 bits per heavy atom. The van der Waals surface area contributed by atoms with Crippen molar-refractivity contribution >= 4 is 27.8 Å². The van der Waals surface area contributed by atoms with Crippen molar-refractivity contribution in [1.82, 2.24) is 4.57 Å². The fourth-order valence-corrected chi connectivity index (χ4v) is 4.17. The normalized spacial score (nSPS) is 13.8. The van der Waals surface area contributed by atoms with Gasteiger partial charge in [0.25, 0.3) is 0 Å². The number of rotatable bonds is 2. The highest BCUT2D eigenvalue weighted by atomic mass is 32.1. The molecular weight excluding hydrogens is 366 g/mol. The van der Waals surface area contributed by atoms with Crippen molar-refractivity contribution in [2.24, 2.45) is 17.3 Å². The molecule has 148 valence electrons. The van der Waals surface area contributed by atoms with E-state index in [0.29, 0.717) is 5.75 Å². The fraction of sp³-hybridized carbons (Fsp3) is 0.391. The third kappa shape index (κ3) is 4.04. The second-order valence-electron chi connectivity index (χ2n) is 9.22. The third-order valence-corrected chi connectivity index (χ3v) is 5.92. The Labute approximate surface area is 170 Å². The summed E-state index contributed by atoms with van der Waals surface area (Å²) in [6.07, 6.45) is 1.77. The number of aryl methyl sites for hydroxylation is 1. The van der Waals surface area contributed by atoms with Crippen molar-refractivity contribution in [2.45, 2.75) is 52.4 Å². The van der Waals surface area contributed by atoms with Crippen molar-refractivity contribution in [3.8, 4) is 5.75 Å². The number of benzene rings is 2. The van der Waals surface area contributed by atoms with Gasteiger partial charge in [0, 0.05) is 18.2 Å². The van der Waals surface area contributed by atoms with Gasteiger partial charge in [0.1, 0.15) is 5.75 Å². The maximum atomic E-state index is 10.8. The van der Waals surface area contributed by atoms with Crippen LogP contribution >= 0.6 is 11.3 Å². The Morgan fingerprint density at radius 2 is 1.54 bits per heavy atom. The predicted octanol–water partition coefficient (Wildman–Crippen LogP) is 5.48. The molecule has 4 nitrogen and oxygen atoms in total. The summed E-state index contributed by atoms with van der Waals surface area (Å²) in [5.74, 6) is 0.380. The fourth-order valence-electron chi connectivity index (χ4n) is 3.20. The maximum absolute atomic E-state index is 10.8. The van der Waals surface area contributed by atoms with Gasteiger partial charge in [-0.25, -0.2) is 0 Å². The van der Waals surface area contributed by atoms with Gasteiger partial charge in [-0.1, -0.05) is 65.0 Å². The molecular formula is C23H29N3OS. The minimum Gasteiger partial charge on any atom is -0.507 e. The van der Waals surface area contributed by atoms with Gasteiger partial charge in [0.05, 0.1) is 16.4 Å². The first kappa shape index (κ1) is 20.3. The summed E-state index contributed by atoms with van der Waals surface area (Å²) in [6.45, 7) is 12.6. The number of nitrogens with zero attached hydrogens (tertiary/aromatic N) is 3. The molecule has 0 bridgehead atoms. The van der Waals surface area contributed by atoms with Crippen LogP contribution in [-0.2, 0) is 17.9 Å². The number of fused-ring (bicyclic) bond motifs is 1. The first-order valence-electron chi connectivity index (χ1n) is 9.48.